The molecule has 1 aromatic heterocycles. The molecule has 21 heavy (non-hydrogen) atoms. The number of nitrogens with zero attached hydrogens (tertiary/aromatic N) is 3. The molecule has 0 aliphatic rings. The first kappa shape index (κ1) is 16.8. The number of aromatic nitrogens is 1. The second-order valence-electron chi connectivity index (χ2n) is 4.60. The number of likely N-dealkylation sites (N-methyl/N-ethyl adjacent to an activating group) is 1. The zero-order valence-electron chi connectivity index (χ0n) is 12.6. The van der Waals surface area contributed by atoms with Gasteiger partial charge in [-0.2, -0.15) is 0 Å². The summed E-state index contributed by atoms with van der Waals surface area (Å²) in [6.45, 7) is 4.62. The number of carbonyl (C=O) groups is 1. The summed E-state index contributed by atoms with van der Waals surface area (Å²) in [7, 11) is 3.17. The van der Waals surface area contributed by atoms with E-state index >= 15 is 0 Å². The van der Waals surface area contributed by atoms with Gasteiger partial charge in [-0.3, -0.25) is 14.9 Å². The van der Waals surface area contributed by atoms with Crippen molar-refractivity contribution >= 4 is 17.4 Å². The van der Waals surface area contributed by atoms with Crippen LogP contribution in [0.25, 0.3) is 0 Å². The predicted octanol–water partition coefficient (Wildman–Crippen LogP) is 1.53. The van der Waals surface area contributed by atoms with E-state index in [1.165, 1.54) is 11.0 Å². The van der Waals surface area contributed by atoms with Gasteiger partial charge in [0.2, 0.25) is 0 Å². The molecule has 0 aliphatic heterocycles. The highest BCUT2D eigenvalue weighted by atomic mass is 16.6. The summed E-state index contributed by atoms with van der Waals surface area (Å²) >= 11 is 0. The van der Waals surface area contributed by atoms with Gasteiger partial charge >= 0.3 is 0 Å². The Bertz CT molecular complexity index is 521. The van der Waals surface area contributed by atoms with E-state index in [1.807, 2.05) is 13.8 Å². The summed E-state index contributed by atoms with van der Waals surface area (Å²) in [5.41, 5.74) is -0.0377. The molecule has 1 amide bonds. The largest absolute Gasteiger partial charge is 0.383 e. The van der Waals surface area contributed by atoms with Crippen molar-refractivity contribution in [3.05, 3.63) is 27.9 Å². The zero-order valence-corrected chi connectivity index (χ0v) is 12.6. The second kappa shape index (κ2) is 7.53. The van der Waals surface area contributed by atoms with Gasteiger partial charge in [0.05, 0.1) is 23.1 Å². The highest BCUT2D eigenvalue weighted by molar-refractivity contribution is 5.99. The molecular weight excluding hydrogens is 276 g/mol. The van der Waals surface area contributed by atoms with Crippen molar-refractivity contribution < 1.29 is 14.5 Å². The number of hydrogen-bond donors (Lipinski definition) is 1. The summed E-state index contributed by atoms with van der Waals surface area (Å²) in [4.78, 5) is 28.2. The van der Waals surface area contributed by atoms with Crippen LogP contribution in [-0.2, 0) is 4.74 Å². The van der Waals surface area contributed by atoms with Crippen molar-refractivity contribution in [2.45, 2.75) is 19.9 Å². The van der Waals surface area contributed by atoms with Gasteiger partial charge in [-0.05, 0) is 13.8 Å². The standard InChI is InChI=1S/C13H20N4O4/c1-5-14-12-11(6-10(7-15-12)17(19)20)13(18)16(3)9(2)8-21-4/h6-7,9H,5,8H2,1-4H3,(H,14,15). The Morgan fingerprint density at radius 3 is 2.81 bits per heavy atom. The highest BCUT2D eigenvalue weighted by Gasteiger charge is 2.23. The molecule has 0 aliphatic carbocycles. The average Bonchev–Trinajstić information content (AvgIpc) is 2.46. The van der Waals surface area contributed by atoms with Crippen LogP contribution < -0.4 is 5.32 Å². The molecule has 1 heterocycles. The molecule has 0 radical (unpaired) electrons. The zero-order chi connectivity index (χ0) is 16.0. The number of nitrogens with one attached hydrogen (secondary N) is 1. The van der Waals surface area contributed by atoms with Crippen molar-refractivity contribution in [2.24, 2.45) is 0 Å². The van der Waals surface area contributed by atoms with Crippen LogP contribution in [0.5, 0.6) is 0 Å². The molecular formula is C13H20N4O4. The fourth-order valence-electron chi connectivity index (χ4n) is 1.77. The molecule has 0 spiro atoms. The van der Waals surface area contributed by atoms with Crippen LogP contribution in [0, 0.1) is 10.1 Å². The number of rotatable bonds is 7. The van der Waals surface area contributed by atoms with Gasteiger partial charge in [0.1, 0.15) is 12.0 Å². The number of pyridine rings is 1. The van der Waals surface area contributed by atoms with Crippen LogP contribution in [0.2, 0.25) is 0 Å². The Morgan fingerprint density at radius 1 is 1.62 bits per heavy atom. The predicted molar refractivity (Wildman–Crippen MR) is 78.5 cm³/mol. The highest BCUT2D eigenvalue weighted by Crippen LogP contribution is 2.21. The summed E-state index contributed by atoms with van der Waals surface area (Å²) in [6, 6.07) is 1.08. The van der Waals surface area contributed by atoms with Crippen molar-refractivity contribution in [2.75, 3.05) is 32.6 Å². The Morgan fingerprint density at radius 2 is 2.29 bits per heavy atom. The van der Waals surface area contributed by atoms with Crippen molar-refractivity contribution in [3.63, 3.8) is 0 Å². The maximum absolute atomic E-state index is 12.5. The van der Waals surface area contributed by atoms with Crippen LogP contribution in [0.15, 0.2) is 12.3 Å². The van der Waals surface area contributed by atoms with E-state index in [4.69, 9.17) is 4.74 Å². The fourth-order valence-corrected chi connectivity index (χ4v) is 1.77. The minimum atomic E-state index is -0.571. The van der Waals surface area contributed by atoms with E-state index in [-0.39, 0.29) is 23.2 Å². The average molecular weight is 296 g/mol. The number of methoxy groups -OCH3 is 1. The molecule has 1 N–H and O–H groups in total. The van der Waals surface area contributed by atoms with Crippen molar-refractivity contribution in [1.29, 1.82) is 0 Å². The number of nitro groups is 1. The fraction of sp³-hybridized carbons (Fsp3) is 0.538. The molecule has 8 nitrogen and oxygen atoms in total. The van der Waals surface area contributed by atoms with E-state index in [2.05, 4.69) is 10.3 Å². The lowest BCUT2D eigenvalue weighted by atomic mass is 10.2. The van der Waals surface area contributed by atoms with Gasteiger partial charge in [-0.15, -0.1) is 0 Å². The van der Waals surface area contributed by atoms with Gasteiger partial charge in [-0.25, -0.2) is 4.98 Å². The van der Waals surface area contributed by atoms with Crippen LogP contribution in [0.1, 0.15) is 24.2 Å². The topological polar surface area (TPSA) is 97.6 Å². The monoisotopic (exact) mass is 296 g/mol. The van der Waals surface area contributed by atoms with Gasteiger partial charge < -0.3 is 15.0 Å². The molecule has 1 rings (SSSR count). The van der Waals surface area contributed by atoms with Crippen LogP contribution in [-0.4, -0.2) is 54.1 Å². The number of amides is 1. The molecule has 116 valence electrons. The molecule has 8 heteroatoms. The minimum absolute atomic E-state index is 0.156. The van der Waals surface area contributed by atoms with E-state index in [9.17, 15) is 14.9 Å². The smallest absolute Gasteiger partial charge is 0.288 e. The summed E-state index contributed by atoms with van der Waals surface area (Å²) in [5.74, 6) is -0.00346. The summed E-state index contributed by atoms with van der Waals surface area (Å²) in [6.07, 6.45) is 1.13. The first-order valence-electron chi connectivity index (χ1n) is 6.56. The molecule has 1 unspecified atom stereocenters. The van der Waals surface area contributed by atoms with E-state index in [0.29, 0.717) is 19.0 Å². The van der Waals surface area contributed by atoms with Crippen LogP contribution >= 0.6 is 0 Å². The van der Waals surface area contributed by atoms with E-state index in [1.54, 1.807) is 14.2 Å². The minimum Gasteiger partial charge on any atom is -0.383 e. The van der Waals surface area contributed by atoms with Crippen molar-refractivity contribution in [1.82, 2.24) is 9.88 Å². The number of carbonyl (C=O) groups excluding carboxylic acids is 1. The molecule has 0 fully saturated rings. The van der Waals surface area contributed by atoms with Gasteiger partial charge in [0, 0.05) is 26.8 Å². The van der Waals surface area contributed by atoms with Gasteiger partial charge in [-0.1, -0.05) is 0 Å². The lowest BCUT2D eigenvalue weighted by Crippen LogP contribution is -2.38. The first-order valence-corrected chi connectivity index (χ1v) is 6.56. The third kappa shape index (κ3) is 4.12. The first-order chi connectivity index (χ1) is 9.92. The SMILES string of the molecule is CCNc1ncc([N+](=O)[O-])cc1C(=O)N(C)C(C)COC. The Balaban J connectivity index is 3.15. The molecule has 0 saturated carbocycles. The lowest BCUT2D eigenvalue weighted by molar-refractivity contribution is -0.385. The van der Waals surface area contributed by atoms with Gasteiger partial charge in [0.15, 0.2) is 0 Å². The van der Waals surface area contributed by atoms with E-state index < -0.39 is 4.92 Å². The molecule has 0 saturated heterocycles. The Hall–Kier alpha value is -2.22. The number of ether oxygens (including phenoxy) is 1. The maximum Gasteiger partial charge on any atom is 0.288 e. The quantitative estimate of drug-likeness (QED) is 0.605. The Kier molecular flexibility index (Phi) is 6.04. The number of hydrogen-bond acceptors (Lipinski definition) is 6. The number of anilines is 1. The third-order valence-corrected chi connectivity index (χ3v) is 3.05. The molecule has 0 bridgehead atoms. The second-order valence-corrected chi connectivity index (χ2v) is 4.60. The molecule has 1 atom stereocenters. The summed E-state index contributed by atoms with van der Waals surface area (Å²) < 4.78 is 5.02. The molecule has 0 aromatic carbocycles. The van der Waals surface area contributed by atoms with Crippen LogP contribution in [0.4, 0.5) is 11.5 Å². The summed E-state index contributed by atoms with van der Waals surface area (Å²) in [5, 5.41) is 13.8. The third-order valence-electron chi connectivity index (χ3n) is 3.05. The van der Waals surface area contributed by atoms with Gasteiger partial charge in [0.25, 0.3) is 11.6 Å². The van der Waals surface area contributed by atoms with Crippen molar-refractivity contribution in [3.8, 4) is 0 Å². The Labute approximate surface area is 123 Å². The lowest BCUT2D eigenvalue weighted by Gasteiger charge is -2.25. The maximum atomic E-state index is 12.5. The normalized spacial score (nSPS) is 11.8. The van der Waals surface area contributed by atoms with E-state index in [0.717, 1.165) is 6.20 Å². The molecule has 1 aromatic rings. The van der Waals surface area contributed by atoms with Crippen LogP contribution in [0.3, 0.4) is 0 Å².